The van der Waals surface area contributed by atoms with E-state index in [1.54, 1.807) is 28.7 Å². The van der Waals surface area contributed by atoms with Gasteiger partial charge < -0.3 is 4.98 Å². The van der Waals surface area contributed by atoms with E-state index in [0.29, 0.717) is 44.3 Å². The first-order valence-corrected chi connectivity index (χ1v) is 12.4. The molecule has 0 bridgehead atoms. The molecule has 5 aromatic rings. The number of pyridine rings is 1. The molecule has 4 aromatic heterocycles. The minimum atomic E-state index is -3.57. The van der Waals surface area contributed by atoms with Crippen LogP contribution in [0, 0.1) is 6.92 Å². The summed E-state index contributed by atoms with van der Waals surface area (Å²) < 4.78 is 27.7. The summed E-state index contributed by atoms with van der Waals surface area (Å²) in [5.41, 5.74) is 3.60. The number of fused-ring (bicyclic) bond motifs is 4. The standard InChI is InChI=1S/C21H19N7O3S2/c1-12-5-4-6-17-22-13(9-18(29)28(12)17)11-32-21-24-20-19(25-26-21)15-10-14(7-8-16(15)23-20)33(30,31)27(2)3/h4-10H,11H2,1-3H3,(H,23,24,26). The predicted molar refractivity (Wildman–Crippen MR) is 126 cm³/mol. The number of hydrogen-bond donors (Lipinski definition) is 1. The average molecular weight is 482 g/mol. The first-order chi connectivity index (χ1) is 15.7. The number of aromatic nitrogens is 6. The average Bonchev–Trinajstić information content (AvgIpc) is 3.14. The molecule has 33 heavy (non-hydrogen) atoms. The van der Waals surface area contributed by atoms with E-state index >= 15 is 0 Å². The van der Waals surface area contributed by atoms with Gasteiger partial charge in [-0.15, -0.1) is 10.2 Å². The van der Waals surface area contributed by atoms with Gasteiger partial charge in [-0.05, 0) is 37.3 Å². The molecule has 0 aliphatic heterocycles. The molecule has 168 valence electrons. The molecule has 12 heteroatoms. The zero-order valence-electron chi connectivity index (χ0n) is 18.0. The number of hydrogen-bond acceptors (Lipinski definition) is 8. The highest BCUT2D eigenvalue weighted by Gasteiger charge is 2.19. The van der Waals surface area contributed by atoms with Crippen LogP contribution in [0.1, 0.15) is 11.4 Å². The van der Waals surface area contributed by atoms with Gasteiger partial charge in [-0.2, -0.15) is 0 Å². The number of nitrogens with one attached hydrogen (secondary N) is 1. The lowest BCUT2D eigenvalue weighted by molar-refractivity contribution is 0.521. The second-order valence-electron chi connectivity index (χ2n) is 7.65. The van der Waals surface area contributed by atoms with Crippen LogP contribution in [0.3, 0.4) is 0 Å². The van der Waals surface area contributed by atoms with Gasteiger partial charge in [-0.1, -0.05) is 17.8 Å². The largest absolute Gasteiger partial charge is 0.338 e. The normalized spacial score (nSPS) is 12.4. The van der Waals surface area contributed by atoms with E-state index in [-0.39, 0.29) is 10.5 Å². The molecule has 0 fully saturated rings. The third-order valence-corrected chi connectivity index (χ3v) is 7.91. The molecule has 4 heterocycles. The first kappa shape index (κ1) is 21.5. The van der Waals surface area contributed by atoms with Gasteiger partial charge in [0.1, 0.15) is 11.2 Å². The minimum Gasteiger partial charge on any atom is -0.338 e. The molecule has 0 amide bonds. The van der Waals surface area contributed by atoms with Gasteiger partial charge in [0, 0.05) is 42.5 Å². The minimum absolute atomic E-state index is 0.137. The van der Waals surface area contributed by atoms with E-state index in [9.17, 15) is 13.2 Å². The van der Waals surface area contributed by atoms with Crippen molar-refractivity contribution in [2.75, 3.05) is 14.1 Å². The number of rotatable bonds is 5. The van der Waals surface area contributed by atoms with Crippen molar-refractivity contribution in [1.29, 1.82) is 0 Å². The van der Waals surface area contributed by atoms with Gasteiger partial charge in [-0.25, -0.2) is 22.7 Å². The van der Waals surface area contributed by atoms with Crippen LogP contribution in [0.2, 0.25) is 0 Å². The summed E-state index contributed by atoms with van der Waals surface area (Å²) in [5, 5.41) is 9.50. The highest BCUT2D eigenvalue weighted by Crippen LogP contribution is 2.27. The van der Waals surface area contributed by atoms with E-state index in [1.165, 1.54) is 31.9 Å². The Bertz CT molecular complexity index is 1710. The van der Waals surface area contributed by atoms with E-state index in [4.69, 9.17) is 0 Å². The summed E-state index contributed by atoms with van der Waals surface area (Å²) in [5.74, 6) is 0.401. The zero-order chi connectivity index (χ0) is 23.3. The monoisotopic (exact) mass is 481 g/mol. The Hall–Kier alpha value is -3.35. The smallest absolute Gasteiger partial charge is 0.258 e. The number of sulfonamides is 1. The van der Waals surface area contributed by atoms with Crippen LogP contribution in [0.25, 0.3) is 27.7 Å². The van der Waals surface area contributed by atoms with Gasteiger partial charge in [0.15, 0.2) is 5.65 Å². The predicted octanol–water partition coefficient (Wildman–Crippen LogP) is 2.37. The molecule has 0 aliphatic carbocycles. The molecule has 0 saturated carbocycles. The van der Waals surface area contributed by atoms with Crippen molar-refractivity contribution >= 4 is 49.5 Å². The highest BCUT2D eigenvalue weighted by atomic mass is 32.2. The molecule has 1 N–H and O–H groups in total. The van der Waals surface area contributed by atoms with Crippen molar-refractivity contribution < 1.29 is 8.42 Å². The van der Waals surface area contributed by atoms with Crippen molar-refractivity contribution in [3.05, 3.63) is 64.2 Å². The number of thioether (sulfide) groups is 1. The van der Waals surface area contributed by atoms with Crippen molar-refractivity contribution in [1.82, 2.24) is 33.9 Å². The van der Waals surface area contributed by atoms with Crippen LogP contribution in [-0.2, 0) is 15.8 Å². The van der Waals surface area contributed by atoms with Crippen LogP contribution < -0.4 is 5.56 Å². The maximum atomic E-state index is 12.5. The fraction of sp³-hybridized carbons (Fsp3) is 0.190. The van der Waals surface area contributed by atoms with Crippen LogP contribution in [-0.4, -0.2) is 56.4 Å². The third-order valence-electron chi connectivity index (χ3n) is 5.23. The van der Waals surface area contributed by atoms with E-state index in [1.807, 2.05) is 19.1 Å². The molecular weight excluding hydrogens is 462 g/mol. The maximum Gasteiger partial charge on any atom is 0.258 e. The van der Waals surface area contributed by atoms with E-state index < -0.39 is 10.0 Å². The van der Waals surface area contributed by atoms with Crippen molar-refractivity contribution in [2.24, 2.45) is 0 Å². The quantitative estimate of drug-likeness (QED) is 0.379. The molecular formula is C21H19N7O3S2. The van der Waals surface area contributed by atoms with Crippen LogP contribution in [0.4, 0.5) is 0 Å². The summed E-state index contributed by atoms with van der Waals surface area (Å²) in [7, 11) is -0.600. The summed E-state index contributed by atoms with van der Waals surface area (Å²) in [4.78, 5) is 24.9. The lowest BCUT2D eigenvalue weighted by atomic mass is 10.2. The number of benzene rings is 1. The van der Waals surface area contributed by atoms with E-state index in [0.717, 1.165) is 10.00 Å². The third kappa shape index (κ3) is 3.75. The summed E-state index contributed by atoms with van der Waals surface area (Å²) in [6, 6.07) is 11.8. The summed E-state index contributed by atoms with van der Waals surface area (Å²) in [6.07, 6.45) is 0. The first-order valence-electron chi connectivity index (χ1n) is 9.94. The zero-order valence-corrected chi connectivity index (χ0v) is 19.6. The fourth-order valence-corrected chi connectivity index (χ4v) is 5.15. The Labute approximate surface area is 192 Å². The Kier molecular flexibility index (Phi) is 5.15. The lowest BCUT2D eigenvalue weighted by Gasteiger charge is -2.10. The lowest BCUT2D eigenvalue weighted by Crippen LogP contribution is -2.22. The van der Waals surface area contributed by atoms with E-state index in [2.05, 4.69) is 25.1 Å². The second-order valence-corrected chi connectivity index (χ2v) is 10.7. The topological polar surface area (TPSA) is 126 Å². The molecule has 5 rings (SSSR count). The number of H-pyrrole nitrogens is 1. The molecule has 1 aromatic carbocycles. The second kappa shape index (κ2) is 7.90. The van der Waals surface area contributed by atoms with Gasteiger partial charge in [0.05, 0.1) is 10.6 Å². The van der Waals surface area contributed by atoms with Crippen molar-refractivity contribution in [3.63, 3.8) is 0 Å². The Morgan fingerprint density at radius 3 is 2.70 bits per heavy atom. The Morgan fingerprint density at radius 1 is 1.09 bits per heavy atom. The molecule has 0 saturated heterocycles. The van der Waals surface area contributed by atoms with Gasteiger partial charge >= 0.3 is 0 Å². The Balaban J connectivity index is 1.46. The summed E-state index contributed by atoms with van der Waals surface area (Å²) >= 11 is 1.31. The molecule has 0 aliphatic rings. The Morgan fingerprint density at radius 2 is 1.91 bits per heavy atom. The van der Waals surface area contributed by atoms with Gasteiger partial charge in [0.2, 0.25) is 15.2 Å². The van der Waals surface area contributed by atoms with Gasteiger partial charge in [-0.3, -0.25) is 9.20 Å². The molecule has 0 radical (unpaired) electrons. The molecule has 10 nitrogen and oxygen atoms in total. The van der Waals surface area contributed by atoms with Gasteiger partial charge in [0.25, 0.3) is 5.56 Å². The molecule has 0 unspecified atom stereocenters. The number of aromatic amines is 1. The van der Waals surface area contributed by atoms with Crippen molar-refractivity contribution in [3.8, 4) is 0 Å². The van der Waals surface area contributed by atoms with Crippen LogP contribution >= 0.6 is 11.8 Å². The SMILES string of the molecule is Cc1cccc2nc(CSc3nnc4c(n3)[nH]c3ccc(S(=O)(=O)N(C)C)cc34)cc(=O)n12. The fourth-order valence-electron chi connectivity index (χ4n) is 3.54. The summed E-state index contributed by atoms with van der Waals surface area (Å²) in [6.45, 7) is 1.86. The van der Waals surface area contributed by atoms with Crippen LogP contribution in [0.5, 0.6) is 0 Å². The number of nitrogens with zero attached hydrogens (tertiary/aromatic N) is 6. The van der Waals surface area contributed by atoms with Crippen molar-refractivity contribution in [2.45, 2.75) is 22.7 Å². The molecule has 0 spiro atoms. The van der Waals surface area contributed by atoms with Crippen LogP contribution in [0.15, 0.2) is 57.3 Å². The highest BCUT2D eigenvalue weighted by molar-refractivity contribution is 7.98. The number of aryl methyl sites for hydroxylation is 1. The maximum absolute atomic E-state index is 12.5. The molecule has 0 atom stereocenters.